The Kier molecular flexibility index (Phi) is 3.58. The van der Waals surface area contributed by atoms with Gasteiger partial charge in [-0.2, -0.15) is 0 Å². The quantitative estimate of drug-likeness (QED) is 0.847. The van der Waals surface area contributed by atoms with Crippen molar-refractivity contribution in [2.45, 2.75) is 63.8 Å². The average Bonchev–Trinajstić information content (AvgIpc) is 2.44. The first-order valence-corrected chi connectivity index (χ1v) is 9.01. The van der Waals surface area contributed by atoms with Crippen molar-refractivity contribution in [2.24, 2.45) is 29.1 Å². The van der Waals surface area contributed by atoms with Gasteiger partial charge in [-0.15, -0.1) is 0 Å². The first-order chi connectivity index (χ1) is 9.76. The minimum Gasteiger partial charge on any atom is -0.381 e. The molecular weight excluding hydrogens is 246 g/mol. The SMILES string of the molecule is CNC(CC12CC3CC(CC(C3)C1)C2)C1CCOCC1. The van der Waals surface area contributed by atoms with Crippen LogP contribution in [0.5, 0.6) is 0 Å². The lowest BCUT2D eigenvalue weighted by atomic mass is 9.48. The van der Waals surface area contributed by atoms with E-state index in [-0.39, 0.29) is 0 Å². The highest BCUT2D eigenvalue weighted by atomic mass is 16.5. The summed E-state index contributed by atoms with van der Waals surface area (Å²) < 4.78 is 5.56. The van der Waals surface area contributed by atoms with E-state index < -0.39 is 0 Å². The molecule has 20 heavy (non-hydrogen) atoms. The Labute approximate surface area is 124 Å². The van der Waals surface area contributed by atoms with E-state index in [1.165, 1.54) is 19.3 Å². The number of ether oxygens (including phenoxy) is 1. The van der Waals surface area contributed by atoms with E-state index in [0.29, 0.717) is 0 Å². The van der Waals surface area contributed by atoms with Gasteiger partial charge in [0.1, 0.15) is 0 Å². The molecule has 1 atom stereocenters. The zero-order chi connectivity index (χ0) is 13.6. The molecule has 0 radical (unpaired) electrons. The van der Waals surface area contributed by atoms with Crippen LogP contribution >= 0.6 is 0 Å². The van der Waals surface area contributed by atoms with Crippen molar-refractivity contribution in [2.75, 3.05) is 20.3 Å². The number of rotatable bonds is 4. The molecule has 5 fully saturated rings. The number of nitrogens with one attached hydrogen (secondary N) is 1. The minimum absolute atomic E-state index is 0.723. The maximum absolute atomic E-state index is 5.56. The van der Waals surface area contributed by atoms with E-state index in [0.717, 1.165) is 48.3 Å². The summed E-state index contributed by atoms with van der Waals surface area (Å²) in [4.78, 5) is 0. The summed E-state index contributed by atoms with van der Waals surface area (Å²) in [5.41, 5.74) is 0.723. The van der Waals surface area contributed by atoms with Crippen LogP contribution in [0.15, 0.2) is 0 Å². The molecule has 4 aliphatic carbocycles. The van der Waals surface area contributed by atoms with Gasteiger partial charge in [-0.25, -0.2) is 0 Å². The third-order valence-corrected chi connectivity index (χ3v) is 7.02. The fourth-order valence-corrected chi connectivity index (χ4v) is 6.63. The fourth-order valence-electron chi connectivity index (χ4n) is 6.63. The number of hydrogen-bond donors (Lipinski definition) is 1. The van der Waals surface area contributed by atoms with E-state index in [1.54, 1.807) is 38.5 Å². The fraction of sp³-hybridized carbons (Fsp3) is 1.00. The molecule has 114 valence electrons. The Morgan fingerprint density at radius 2 is 1.55 bits per heavy atom. The zero-order valence-electron chi connectivity index (χ0n) is 13.1. The lowest BCUT2D eigenvalue weighted by Gasteiger charge is -2.58. The molecular formula is C18H31NO. The largest absolute Gasteiger partial charge is 0.381 e. The van der Waals surface area contributed by atoms with Gasteiger partial charge in [0.15, 0.2) is 0 Å². The Morgan fingerprint density at radius 3 is 2.05 bits per heavy atom. The van der Waals surface area contributed by atoms with Crippen LogP contribution in [0, 0.1) is 29.1 Å². The molecule has 5 aliphatic rings. The molecule has 0 spiro atoms. The normalized spacial score (nSPS) is 45.8. The molecule has 0 aromatic rings. The van der Waals surface area contributed by atoms with Crippen LogP contribution in [0.2, 0.25) is 0 Å². The summed E-state index contributed by atoms with van der Waals surface area (Å²) in [6.45, 7) is 1.98. The molecule has 4 saturated carbocycles. The first-order valence-electron chi connectivity index (χ1n) is 9.01. The van der Waals surface area contributed by atoms with Crippen molar-refractivity contribution < 1.29 is 4.74 Å². The highest BCUT2D eigenvalue weighted by molar-refractivity contribution is 5.03. The standard InChI is InChI=1S/C18H31NO/c1-19-17(16-2-4-20-5-3-16)12-18-9-13-6-14(10-18)8-15(7-13)11-18/h13-17,19H,2-12H2,1H3. The lowest BCUT2D eigenvalue weighted by Crippen LogP contribution is -2.50. The van der Waals surface area contributed by atoms with Crippen molar-refractivity contribution in [1.82, 2.24) is 5.32 Å². The van der Waals surface area contributed by atoms with Gasteiger partial charge < -0.3 is 10.1 Å². The smallest absolute Gasteiger partial charge is 0.0469 e. The van der Waals surface area contributed by atoms with Crippen molar-refractivity contribution in [3.8, 4) is 0 Å². The Bertz CT molecular complexity index is 312. The second-order valence-electron chi connectivity index (χ2n) is 8.47. The van der Waals surface area contributed by atoms with Gasteiger partial charge in [0, 0.05) is 19.3 Å². The molecule has 1 N–H and O–H groups in total. The van der Waals surface area contributed by atoms with Crippen molar-refractivity contribution in [3.63, 3.8) is 0 Å². The molecule has 0 aromatic carbocycles. The molecule has 1 saturated heterocycles. The molecule has 2 nitrogen and oxygen atoms in total. The van der Waals surface area contributed by atoms with Gasteiger partial charge in [0.2, 0.25) is 0 Å². The van der Waals surface area contributed by atoms with E-state index in [4.69, 9.17) is 4.74 Å². The zero-order valence-corrected chi connectivity index (χ0v) is 13.1. The molecule has 0 aromatic heterocycles. The molecule has 4 bridgehead atoms. The van der Waals surface area contributed by atoms with E-state index in [1.807, 2.05) is 0 Å². The van der Waals surface area contributed by atoms with Crippen LogP contribution in [-0.4, -0.2) is 26.3 Å². The second kappa shape index (κ2) is 5.28. The summed E-state index contributed by atoms with van der Waals surface area (Å²) in [5, 5.41) is 3.69. The van der Waals surface area contributed by atoms with Gasteiger partial charge in [-0.1, -0.05) is 0 Å². The van der Waals surface area contributed by atoms with E-state index >= 15 is 0 Å². The van der Waals surface area contributed by atoms with Crippen LogP contribution in [0.25, 0.3) is 0 Å². The molecule has 1 heterocycles. The van der Waals surface area contributed by atoms with Crippen LogP contribution in [0.3, 0.4) is 0 Å². The van der Waals surface area contributed by atoms with E-state index in [2.05, 4.69) is 12.4 Å². The van der Waals surface area contributed by atoms with Crippen LogP contribution in [0.4, 0.5) is 0 Å². The molecule has 1 aliphatic heterocycles. The van der Waals surface area contributed by atoms with Crippen molar-refractivity contribution in [3.05, 3.63) is 0 Å². The molecule has 5 rings (SSSR count). The van der Waals surface area contributed by atoms with Crippen molar-refractivity contribution in [1.29, 1.82) is 0 Å². The predicted octanol–water partition coefficient (Wildman–Crippen LogP) is 3.61. The second-order valence-corrected chi connectivity index (χ2v) is 8.47. The molecule has 0 amide bonds. The van der Waals surface area contributed by atoms with Gasteiger partial charge in [-0.3, -0.25) is 0 Å². The Balaban J connectivity index is 1.46. The highest BCUT2D eigenvalue weighted by Crippen LogP contribution is 2.61. The molecule has 2 heteroatoms. The topological polar surface area (TPSA) is 21.3 Å². The summed E-state index contributed by atoms with van der Waals surface area (Å²) in [7, 11) is 2.20. The van der Waals surface area contributed by atoms with Crippen LogP contribution in [0.1, 0.15) is 57.8 Å². The maximum atomic E-state index is 5.56. The van der Waals surface area contributed by atoms with Gasteiger partial charge in [-0.05, 0) is 93.9 Å². The van der Waals surface area contributed by atoms with Crippen LogP contribution in [-0.2, 0) is 4.74 Å². The summed E-state index contributed by atoms with van der Waals surface area (Å²) in [6, 6.07) is 0.746. The predicted molar refractivity (Wildman–Crippen MR) is 81.6 cm³/mol. The number of hydrogen-bond acceptors (Lipinski definition) is 2. The van der Waals surface area contributed by atoms with Crippen molar-refractivity contribution >= 4 is 0 Å². The lowest BCUT2D eigenvalue weighted by molar-refractivity contribution is -0.0678. The summed E-state index contributed by atoms with van der Waals surface area (Å²) >= 11 is 0. The third-order valence-electron chi connectivity index (χ3n) is 7.02. The first kappa shape index (κ1) is 13.6. The average molecular weight is 277 g/mol. The van der Waals surface area contributed by atoms with Gasteiger partial charge >= 0.3 is 0 Å². The summed E-state index contributed by atoms with van der Waals surface area (Å²) in [6.07, 6.45) is 13.4. The minimum atomic E-state index is 0.723. The van der Waals surface area contributed by atoms with E-state index in [9.17, 15) is 0 Å². The van der Waals surface area contributed by atoms with Crippen LogP contribution < -0.4 is 5.32 Å². The molecule has 1 unspecified atom stereocenters. The third kappa shape index (κ3) is 2.43. The monoisotopic (exact) mass is 277 g/mol. The Hall–Kier alpha value is -0.0800. The summed E-state index contributed by atoms with van der Waals surface area (Å²) in [5.74, 6) is 4.14. The van der Waals surface area contributed by atoms with Gasteiger partial charge in [0.25, 0.3) is 0 Å². The maximum Gasteiger partial charge on any atom is 0.0469 e. The highest BCUT2D eigenvalue weighted by Gasteiger charge is 2.51. The Morgan fingerprint density at radius 1 is 1.00 bits per heavy atom. The van der Waals surface area contributed by atoms with Gasteiger partial charge in [0.05, 0.1) is 0 Å².